The van der Waals surface area contributed by atoms with Crippen molar-refractivity contribution in [1.82, 2.24) is 40.5 Å². The van der Waals surface area contributed by atoms with Gasteiger partial charge in [-0.1, -0.05) is 0 Å². The molecule has 1 fully saturated rings. The zero-order valence-corrected chi connectivity index (χ0v) is 14.6. The second-order valence-electron chi connectivity index (χ2n) is 5.80. The molecular weight excluding hydrogens is 363 g/mol. The maximum absolute atomic E-state index is 14.2. The van der Waals surface area contributed by atoms with Gasteiger partial charge in [0, 0.05) is 6.07 Å². The monoisotopic (exact) mass is 380 g/mol. The van der Waals surface area contributed by atoms with Crippen molar-refractivity contribution in [2.75, 3.05) is 13.1 Å². The minimum absolute atomic E-state index is 0. The normalized spacial score (nSPS) is 14.8. The molecule has 1 saturated heterocycles. The molecule has 3 heterocycles. The largest absolute Gasteiger partial charge is 0.484 e. The van der Waals surface area contributed by atoms with E-state index >= 15 is 0 Å². The second-order valence-corrected chi connectivity index (χ2v) is 5.80. The Morgan fingerprint density at radius 2 is 2.12 bits per heavy atom. The van der Waals surface area contributed by atoms with E-state index in [1.807, 2.05) is 0 Å². The molecule has 1 aromatic carbocycles. The number of tetrazole rings is 1. The molecule has 0 radical (unpaired) electrons. The van der Waals surface area contributed by atoms with Crippen LogP contribution in [0.3, 0.4) is 0 Å². The van der Waals surface area contributed by atoms with Crippen molar-refractivity contribution in [3.05, 3.63) is 42.2 Å². The quantitative estimate of drug-likeness (QED) is 0.713. The molecule has 11 heteroatoms. The lowest BCUT2D eigenvalue weighted by Gasteiger charge is -2.21. The number of aromatic nitrogens is 7. The van der Waals surface area contributed by atoms with Crippen molar-refractivity contribution in [2.45, 2.75) is 25.5 Å². The topological polar surface area (TPSA) is 95.6 Å². The Kier molecular flexibility index (Phi) is 5.74. The first kappa shape index (κ1) is 18.2. The Labute approximate surface area is 154 Å². The predicted molar refractivity (Wildman–Crippen MR) is 91.9 cm³/mol. The maximum atomic E-state index is 14.2. The van der Waals surface area contributed by atoms with Gasteiger partial charge in [-0.15, -0.1) is 17.5 Å². The SMILES string of the molecule is Cl.Fc1cc(-n2cnnn2)ccc1OCc1cnn(C2CCNCC2)n1. The Bertz CT molecular complexity index is 834. The van der Waals surface area contributed by atoms with Crippen LogP contribution in [-0.2, 0) is 6.61 Å². The van der Waals surface area contributed by atoms with Gasteiger partial charge in [0.25, 0.3) is 0 Å². The zero-order chi connectivity index (χ0) is 17.1. The van der Waals surface area contributed by atoms with E-state index in [-0.39, 0.29) is 24.8 Å². The van der Waals surface area contributed by atoms with Gasteiger partial charge in [-0.3, -0.25) is 0 Å². The summed E-state index contributed by atoms with van der Waals surface area (Å²) in [6, 6.07) is 4.85. The molecule has 1 aliphatic heterocycles. The van der Waals surface area contributed by atoms with Crippen LogP contribution in [0.25, 0.3) is 5.69 Å². The standard InChI is InChI=1S/C15H17FN8O.ClH/c16-14-7-13(23-10-18-21-22-23)1-2-15(14)25-9-11-8-19-24(20-11)12-3-5-17-6-4-12;/h1-2,7-8,10,12,17H,3-6,9H2;1H. The number of ether oxygens (including phenoxy) is 1. The highest BCUT2D eigenvalue weighted by Crippen LogP contribution is 2.21. The van der Waals surface area contributed by atoms with Crippen molar-refractivity contribution in [2.24, 2.45) is 0 Å². The van der Waals surface area contributed by atoms with Crippen LogP contribution in [0.15, 0.2) is 30.7 Å². The summed E-state index contributed by atoms with van der Waals surface area (Å²) in [4.78, 5) is 1.73. The van der Waals surface area contributed by atoms with Crippen LogP contribution in [0.1, 0.15) is 24.6 Å². The van der Waals surface area contributed by atoms with E-state index in [0.29, 0.717) is 17.4 Å². The number of piperidine rings is 1. The van der Waals surface area contributed by atoms with E-state index < -0.39 is 5.82 Å². The first-order valence-corrected chi connectivity index (χ1v) is 8.07. The smallest absolute Gasteiger partial charge is 0.167 e. The number of hydrogen-bond acceptors (Lipinski definition) is 7. The first-order valence-electron chi connectivity index (χ1n) is 8.07. The molecule has 0 amide bonds. The number of rotatable bonds is 5. The van der Waals surface area contributed by atoms with Crippen LogP contribution in [0, 0.1) is 5.82 Å². The molecule has 0 spiro atoms. The van der Waals surface area contributed by atoms with Crippen LogP contribution in [0.4, 0.5) is 4.39 Å². The van der Waals surface area contributed by atoms with E-state index in [1.54, 1.807) is 23.1 Å². The van der Waals surface area contributed by atoms with Gasteiger partial charge in [0.1, 0.15) is 18.6 Å². The molecule has 4 rings (SSSR count). The van der Waals surface area contributed by atoms with Gasteiger partial charge in [-0.2, -0.15) is 15.0 Å². The summed E-state index contributed by atoms with van der Waals surface area (Å²) in [7, 11) is 0. The van der Waals surface area contributed by atoms with E-state index in [0.717, 1.165) is 25.9 Å². The van der Waals surface area contributed by atoms with Gasteiger partial charge < -0.3 is 10.1 Å². The van der Waals surface area contributed by atoms with E-state index in [4.69, 9.17) is 4.74 Å². The molecule has 2 aromatic heterocycles. The Morgan fingerprint density at radius 3 is 2.85 bits per heavy atom. The molecule has 9 nitrogen and oxygen atoms in total. The van der Waals surface area contributed by atoms with Crippen molar-refractivity contribution in [3.8, 4) is 11.4 Å². The van der Waals surface area contributed by atoms with Crippen molar-refractivity contribution in [1.29, 1.82) is 0 Å². The molecule has 0 atom stereocenters. The van der Waals surface area contributed by atoms with Gasteiger partial charge in [0.2, 0.25) is 0 Å². The van der Waals surface area contributed by atoms with Crippen molar-refractivity contribution >= 4 is 12.4 Å². The van der Waals surface area contributed by atoms with Gasteiger partial charge in [-0.05, 0) is 48.5 Å². The maximum Gasteiger partial charge on any atom is 0.167 e. The van der Waals surface area contributed by atoms with Crippen LogP contribution in [-0.4, -0.2) is 48.3 Å². The highest BCUT2D eigenvalue weighted by atomic mass is 35.5. The summed E-state index contributed by atoms with van der Waals surface area (Å²) in [5.41, 5.74) is 1.19. The van der Waals surface area contributed by atoms with Gasteiger partial charge in [0.05, 0.1) is 17.9 Å². The summed E-state index contributed by atoms with van der Waals surface area (Å²) in [6.45, 7) is 2.10. The van der Waals surface area contributed by atoms with E-state index in [1.165, 1.54) is 17.1 Å². The summed E-state index contributed by atoms with van der Waals surface area (Å²) >= 11 is 0. The number of nitrogens with zero attached hydrogens (tertiary/aromatic N) is 7. The highest BCUT2D eigenvalue weighted by molar-refractivity contribution is 5.85. The molecule has 1 aliphatic rings. The third-order valence-corrected chi connectivity index (χ3v) is 4.10. The van der Waals surface area contributed by atoms with Gasteiger partial charge in [0.15, 0.2) is 11.6 Å². The number of hydrogen-bond donors (Lipinski definition) is 1. The minimum atomic E-state index is -0.487. The lowest BCUT2D eigenvalue weighted by Crippen LogP contribution is -2.30. The number of benzene rings is 1. The average molecular weight is 381 g/mol. The second kappa shape index (κ2) is 8.19. The predicted octanol–water partition coefficient (Wildman–Crippen LogP) is 1.32. The molecule has 0 saturated carbocycles. The summed E-state index contributed by atoms with van der Waals surface area (Å²) < 4.78 is 21.1. The lowest BCUT2D eigenvalue weighted by atomic mass is 10.1. The lowest BCUT2D eigenvalue weighted by molar-refractivity contribution is 0.277. The molecule has 0 aliphatic carbocycles. The summed E-state index contributed by atoms with van der Waals surface area (Å²) in [5, 5.41) is 22.8. The molecule has 0 unspecified atom stereocenters. The number of nitrogens with one attached hydrogen (secondary N) is 1. The van der Waals surface area contributed by atoms with Crippen molar-refractivity contribution in [3.63, 3.8) is 0 Å². The molecule has 26 heavy (non-hydrogen) atoms. The number of halogens is 2. The Morgan fingerprint density at radius 1 is 1.27 bits per heavy atom. The van der Waals surface area contributed by atoms with Gasteiger partial charge >= 0.3 is 0 Å². The van der Waals surface area contributed by atoms with Crippen LogP contribution in [0.5, 0.6) is 5.75 Å². The molecule has 0 bridgehead atoms. The first-order chi connectivity index (χ1) is 12.3. The third kappa shape index (κ3) is 3.97. The van der Waals surface area contributed by atoms with E-state index in [2.05, 4.69) is 31.0 Å². The van der Waals surface area contributed by atoms with Crippen LogP contribution in [0.2, 0.25) is 0 Å². The fraction of sp³-hybridized carbons (Fsp3) is 0.400. The fourth-order valence-electron chi connectivity index (χ4n) is 2.77. The third-order valence-electron chi connectivity index (χ3n) is 4.10. The average Bonchev–Trinajstić information content (AvgIpc) is 3.33. The molecular formula is C15H18ClFN8O. The summed E-state index contributed by atoms with van der Waals surface area (Å²) in [5.74, 6) is -0.341. The molecule has 138 valence electrons. The zero-order valence-electron chi connectivity index (χ0n) is 13.8. The van der Waals surface area contributed by atoms with Crippen LogP contribution >= 0.6 is 12.4 Å². The summed E-state index contributed by atoms with van der Waals surface area (Å²) in [6.07, 6.45) is 5.06. The fourth-order valence-corrected chi connectivity index (χ4v) is 2.77. The van der Waals surface area contributed by atoms with E-state index in [9.17, 15) is 4.39 Å². The van der Waals surface area contributed by atoms with Gasteiger partial charge in [-0.25, -0.2) is 9.07 Å². The highest BCUT2D eigenvalue weighted by Gasteiger charge is 2.17. The Balaban J connectivity index is 0.00000196. The molecule has 3 aromatic rings. The minimum Gasteiger partial charge on any atom is -0.484 e. The molecule has 1 N–H and O–H groups in total. The Hall–Kier alpha value is -2.59. The van der Waals surface area contributed by atoms with Crippen molar-refractivity contribution < 1.29 is 9.13 Å². The van der Waals surface area contributed by atoms with Crippen LogP contribution < -0.4 is 10.1 Å².